The van der Waals surface area contributed by atoms with Crippen LogP contribution in [-0.4, -0.2) is 42.7 Å². The number of phenolic OH excluding ortho intramolecular Hbond substituents is 1. The predicted octanol–water partition coefficient (Wildman–Crippen LogP) is 2.99. The van der Waals surface area contributed by atoms with Gasteiger partial charge in [-0.25, -0.2) is 4.79 Å². The summed E-state index contributed by atoms with van der Waals surface area (Å²) in [4.78, 5) is 15.5. The Morgan fingerprint density at radius 2 is 1.96 bits per heavy atom. The highest BCUT2D eigenvalue weighted by Crippen LogP contribution is 2.22. The Labute approximate surface area is 147 Å². The molecule has 6 heteroatoms. The lowest BCUT2D eigenvalue weighted by atomic mass is 10.1. The summed E-state index contributed by atoms with van der Waals surface area (Å²) >= 11 is 1.69. The van der Waals surface area contributed by atoms with Crippen LogP contribution in [0.5, 0.6) is 5.75 Å². The summed E-state index contributed by atoms with van der Waals surface area (Å²) in [6.07, 6.45) is 0.718. The fourth-order valence-electron chi connectivity index (χ4n) is 2.52. The zero-order chi connectivity index (χ0) is 17.5. The average molecular weight is 347 g/mol. The smallest absolute Gasteiger partial charge is 0.315 e. The first-order valence-electron chi connectivity index (χ1n) is 7.98. The van der Waals surface area contributed by atoms with Gasteiger partial charge in [0.2, 0.25) is 0 Å². The molecule has 0 bridgehead atoms. The second-order valence-corrected chi connectivity index (χ2v) is 7.10. The van der Waals surface area contributed by atoms with Crippen molar-refractivity contribution >= 4 is 17.4 Å². The maximum Gasteiger partial charge on any atom is 0.315 e. The van der Waals surface area contributed by atoms with Gasteiger partial charge in [0.15, 0.2) is 0 Å². The Morgan fingerprint density at radius 3 is 2.54 bits per heavy atom. The molecule has 0 saturated carbocycles. The summed E-state index contributed by atoms with van der Waals surface area (Å²) in [5, 5.41) is 17.3. The number of urea groups is 1. The van der Waals surface area contributed by atoms with Crippen molar-refractivity contribution in [1.29, 1.82) is 0 Å². The monoisotopic (exact) mass is 347 g/mol. The highest BCUT2D eigenvalue weighted by atomic mass is 32.1. The molecule has 1 aromatic heterocycles. The van der Waals surface area contributed by atoms with Gasteiger partial charge in [-0.15, -0.1) is 11.3 Å². The molecule has 24 heavy (non-hydrogen) atoms. The van der Waals surface area contributed by atoms with Crippen LogP contribution in [0.15, 0.2) is 41.8 Å². The number of thiophene rings is 1. The van der Waals surface area contributed by atoms with Crippen LogP contribution in [0.25, 0.3) is 0 Å². The molecule has 2 aromatic rings. The van der Waals surface area contributed by atoms with Gasteiger partial charge in [-0.2, -0.15) is 0 Å². The number of aromatic hydroxyl groups is 1. The SMILES string of the molecule is C[C@@H](Cc1ccc(O)cc1)NC(=O)NC[C@H](c1cccs1)N(C)C. The predicted molar refractivity (Wildman–Crippen MR) is 98.6 cm³/mol. The molecule has 5 nitrogen and oxygen atoms in total. The van der Waals surface area contributed by atoms with Crippen LogP contribution in [0, 0.1) is 0 Å². The molecular weight excluding hydrogens is 322 g/mol. The third-order valence-corrected chi connectivity index (χ3v) is 4.78. The normalized spacial score (nSPS) is 13.5. The van der Waals surface area contributed by atoms with E-state index in [0.717, 1.165) is 12.0 Å². The van der Waals surface area contributed by atoms with E-state index in [1.54, 1.807) is 23.5 Å². The molecule has 0 unspecified atom stereocenters. The molecular formula is C18H25N3O2S. The van der Waals surface area contributed by atoms with Crippen LogP contribution in [0.2, 0.25) is 0 Å². The number of hydrogen-bond acceptors (Lipinski definition) is 4. The lowest BCUT2D eigenvalue weighted by Gasteiger charge is -2.24. The van der Waals surface area contributed by atoms with E-state index in [2.05, 4.69) is 21.6 Å². The van der Waals surface area contributed by atoms with Gasteiger partial charge in [-0.05, 0) is 56.6 Å². The van der Waals surface area contributed by atoms with Gasteiger partial charge >= 0.3 is 6.03 Å². The topological polar surface area (TPSA) is 64.6 Å². The zero-order valence-corrected chi connectivity index (χ0v) is 15.1. The number of carbonyl (C=O) groups is 1. The molecule has 2 rings (SSSR count). The van der Waals surface area contributed by atoms with Crippen molar-refractivity contribution < 1.29 is 9.90 Å². The Morgan fingerprint density at radius 1 is 1.25 bits per heavy atom. The molecule has 0 aliphatic heterocycles. The standard InChI is InChI=1S/C18H25N3O2S/c1-13(11-14-6-8-15(22)9-7-14)20-18(23)19-12-16(21(2)3)17-5-4-10-24-17/h4-10,13,16,22H,11-12H2,1-3H3,(H2,19,20,23)/t13-,16+/m0/s1. The number of benzene rings is 1. The van der Waals surface area contributed by atoms with E-state index < -0.39 is 0 Å². The van der Waals surface area contributed by atoms with Crippen LogP contribution in [-0.2, 0) is 6.42 Å². The Bertz CT molecular complexity index is 626. The third kappa shape index (κ3) is 5.54. The second-order valence-electron chi connectivity index (χ2n) is 6.12. The lowest BCUT2D eigenvalue weighted by molar-refractivity contribution is 0.230. The molecule has 0 fully saturated rings. The van der Waals surface area contributed by atoms with Crippen LogP contribution in [0.1, 0.15) is 23.4 Å². The van der Waals surface area contributed by atoms with Gasteiger partial charge < -0.3 is 20.6 Å². The summed E-state index contributed by atoms with van der Waals surface area (Å²) in [6, 6.07) is 11.2. The van der Waals surface area contributed by atoms with E-state index in [1.807, 2.05) is 44.6 Å². The van der Waals surface area contributed by atoms with Gasteiger partial charge in [0.05, 0.1) is 6.04 Å². The molecule has 0 saturated heterocycles. The van der Waals surface area contributed by atoms with Gasteiger partial charge in [-0.3, -0.25) is 0 Å². The van der Waals surface area contributed by atoms with Crippen molar-refractivity contribution in [2.45, 2.75) is 25.4 Å². The largest absolute Gasteiger partial charge is 0.508 e. The van der Waals surface area contributed by atoms with E-state index in [4.69, 9.17) is 0 Å². The number of likely N-dealkylation sites (N-methyl/N-ethyl adjacent to an activating group) is 1. The number of amides is 2. The minimum atomic E-state index is -0.162. The summed E-state index contributed by atoms with van der Waals surface area (Å²) in [5.41, 5.74) is 1.07. The zero-order valence-electron chi connectivity index (χ0n) is 14.3. The molecule has 1 heterocycles. The molecule has 2 atom stereocenters. The van der Waals surface area contributed by atoms with E-state index >= 15 is 0 Å². The number of hydrogen-bond donors (Lipinski definition) is 3. The maximum atomic E-state index is 12.1. The first-order chi connectivity index (χ1) is 11.5. The van der Waals surface area contributed by atoms with Crippen molar-refractivity contribution in [2.75, 3.05) is 20.6 Å². The maximum absolute atomic E-state index is 12.1. The second kappa shape index (κ2) is 8.70. The van der Waals surface area contributed by atoms with Crippen LogP contribution >= 0.6 is 11.3 Å². The summed E-state index contributed by atoms with van der Waals surface area (Å²) in [5.74, 6) is 0.250. The summed E-state index contributed by atoms with van der Waals surface area (Å²) < 4.78 is 0. The molecule has 130 valence electrons. The number of carbonyl (C=O) groups excluding carboxylic acids is 1. The van der Waals surface area contributed by atoms with Crippen molar-refractivity contribution in [3.05, 3.63) is 52.2 Å². The Hall–Kier alpha value is -2.05. The lowest BCUT2D eigenvalue weighted by Crippen LogP contribution is -2.44. The average Bonchev–Trinajstić information content (AvgIpc) is 3.03. The highest BCUT2D eigenvalue weighted by Gasteiger charge is 2.16. The third-order valence-electron chi connectivity index (χ3n) is 3.81. The molecule has 2 amide bonds. The molecule has 1 aromatic carbocycles. The minimum absolute atomic E-state index is 0.00841. The van der Waals surface area contributed by atoms with E-state index in [-0.39, 0.29) is 23.9 Å². The molecule has 0 radical (unpaired) electrons. The van der Waals surface area contributed by atoms with Crippen LogP contribution in [0.3, 0.4) is 0 Å². The summed E-state index contributed by atoms with van der Waals surface area (Å²) in [7, 11) is 4.02. The van der Waals surface area contributed by atoms with Crippen LogP contribution in [0.4, 0.5) is 4.79 Å². The highest BCUT2D eigenvalue weighted by molar-refractivity contribution is 7.10. The summed E-state index contributed by atoms with van der Waals surface area (Å²) in [6.45, 7) is 2.53. The Kier molecular flexibility index (Phi) is 6.63. The van der Waals surface area contributed by atoms with E-state index in [1.165, 1.54) is 4.88 Å². The van der Waals surface area contributed by atoms with Gasteiger partial charge in [0.1, 0.15) is 5.75 Å². The number of phenols is 1. The number of nitrogens with zero attached hydrogens (tertiary/aromatic N) is 1. The van der Waals surface area contributed by atoms with E-state index in [0.29, 0.717) is 6.54 Å². The van der Waals surface area contributed by atoms with Crippen LogP contribution < -0.4 is 10.6 Å². The fourth-order valence-corrected chi connectivity index (χ4v) is 3.44. The first-order valence-corrected chi connectivity index (χ1v) is 8.85. The van der Waals surface area contributed by atoms with Gasteiger partial charge in [0.25, 0.3) is 0 Å². The molecule has 0 spiro atoms. The van der Waals surface area contributed by atoms with Crippen molar-refractivity contribution in [1.82, 2.24) is 15.5 Å². The van der Waals surface area contributed by atoms with E-state index in [9.17, 15) is 9.90 Å². The van der Waals surface area contributed by atoms with Gasteiger partial charge in [-0.1, -0.05) is 18.2 Å². The molecule has 0 aliphatic carbocycles. The minimum Gasteiger partial charge on any atom is -0.508 e. The fraction of sp³-hybridized carbons (Fsp3) is 0.389. The number of nitrogens with one attached hydrogen (secondary N) is 2. The Balaban J connectivity index is 1.80. The van der Waals surface area contributed by atoms with Crippen molar-refractivity contribution in [2.24, 2.45) is 0 Å². The first kappa shape index (κ1) is 18.3. The quantitative estimate of drug-likeness (QED) is 0.721. The van der Waals surface area contributed by atoms with Crippen molar-refractivity contribution in [3.63, 3.8) is 0 Å². The molecule has 3 N–H and O–H groups in total. The number of rotatable bonds is 7. The van der Waals surface area contributed by atoms with Crippen molar-refractivity contribution in [3.8, 4) is 5.75 Å². The van der Waals surface area contributed by atoms with Gasteiger partial charge in [0, 0.05) is 17.5 Å². The molecule has 0 aliphatic rings.